The van der Waals surface area contributed by atoms with Crippen molar-refractivity contribution in [3.8, 4) is 0 Å². The highest BCUT2D eigenvalue weighted by molar-refractivity contribution is 4.88. The van der Waals surface area contributed by atoms with Crippen molar-refractivity contribution in [2.75, 3.05) is 6.54 Å². The molecular weight excluding hydrogens is 160 g/mol. The van der Waals surface area contributed by atoms with E-state index in [2.05, 4.69) is 13.8 Å². The molecule has 0 aromatic carbocycles. The fraction of sp³-hybridized carbons (Fsp3) is 1.00. The molecule has 1 atom stereocenters. The second kappa shape index (κ2) is 4.43. The molecule has 1 unspecified atom stereocenters. The first-order valence-electron chi connectivity index (χ1n) is 5.53. The van der Waals surface area contributed by atoms with Crippen molar-refractivity contribution in [3.05, 3.63) is 0 Å². The topological polar surface area (TPSA) is 52.0 Å². The molecule has 0 saturated heterocycles. The van der Waals surface area contributed by atoms with Crippen LogP contribution in [0.15, 0.2) is 0 Å². The van der Waals surface area contributed by atoms with Crippen molar-refractivity contribution in [1.82, 2.24) is 0 Å². The lowest BCUT2D eigenvalue weighted by atomic mass is 9.72. The van der Waals surface area contributed by atoms with Gasteiger partial charge in [-0.2, -0.15) is 0 Å². The predicted molar refractivity (Wildman–Crippen MR) is 57.4 cm³/mol. The zero-order valence-electron chi connectivity index (χ0n) is 9.05. The lowest BCUT2D eigenvalue weighted by Gasteiger charge is -2.38. The molecule has 1 rings (SSSR count). The Kier molecular flexibility index (Phi) is 3.74. The van der Waals surface area contributed by atoms with Gasteiger partial charge in [-0.05, 0) is 30.7 Å². The van der Waals surface area contributed by atoms with Crippen molar-refractivity contribution in [3.63, 3.8) is 0 Å². The summed E-state index contributed by atoms with van der Waals surface area (Å²) in [6.07, 6.45) is 6.74. The molecule has 4 N–H and O–H groups in total. The third-order valence-electron chi connectivity index (χ3n) is 3.59. The molecule has 1 aliphatic rings. The fourth-order valence-electron chi connectivity index (χ4n) is 2.27. The molecule has 78 valence electrons. The molecule has 2 nitrogen and oxygen atoms in total. The van der Waals surface area contributed by atoms with E-state index in [1.807, 2.05) is 0 Å². The first kappa shape index (κ1) is 11.0. The molecule has 0 spiro atoms. The van der Waals surface area contributed by atoms with Crippen LogP contribution < -0.4 is 11.5 Å². The minimum absolute atomic E-state index is 0.113. The Morgan fingerprint density at radius 1 is 1.23 bits per heavy atom. The first-order chi connectivity index (χ1) is 6.08. The summed E-state index contributed by atoms with van der Waals surface area (Å²) in [4.78, 5) is 0. The number of hydrogen-bond acceptors (Lipinski definition) is 2. The van der Waals surface area contributed by atoms with E-state index in [4.69, 9.17) is 11.5 Å². The third-order valence-corrected chi connectivity index (χ3v) is 3.59. The third kappa shape index (κ3) is 2.68. The Morgan fingerprint density at radius 2 is 1.77 bits per heavy atom. The van der Waals surface area contributed by atoms with Crippen LogP contribution in [-0.4, -0.2) is 12.6 Å². The molecule has 13 heavy (non-hydrogen) atoms. The van der Waals surface area contributed by atoms with Crippen LogP contribution in [-0.2, 0) is 0 Å². The summed E-state index contributed by atoms with van der Waals surface area (Å²) in [7, 11) is 0. The van der Waals surface area contributed by atoms with E-state index < -0.39 is 0 Å². The number of hydrogen-bond donors (Lipinski definition) is 2. The van der Waals surface area contributed by atoms with Crippen molar-refractivity contribution < 1.29 is 0 Å². The average Bonchev–Trinajstić information content (AvgIpc) is 2.18. The van der Waals surface area contributed by atoms with Crippen molar-refractivity contribution >= 4 is 0 Å². The van der Waals surface area contributed by atoms with Gasteiger partial charge < -0.3 is 11.5 Å². The first-order valence-corrected chi connectivity index (χ1v) is 5.53. The highest BCUT2D eigenvalue weighted by Gasteiger charge is 2.32. The monoisotopic (exact) mass is 184 g/mol. The van der Waals surface area contributed by atoms with Gasteiger partial charge in [0.15, 0.2) is 0 Å². The largest absolute Gasteiger partial charge is 0.330 e. The van der Waals surface area contributed by atoms with Gasteiger partial charge in [-0.3, -0.25) is 0 Å². The van der Waals surface area contributed by atoms with Crippen LogP contribution in [0.1, 0.15) is 46.0 Å². The Balaban J connectivity index is 2.49. The van der Waals surface area contributed by atoms with Crippen LogP contribution in [0.3, 0.4) is 0 Å². The Morgan fingerprint density at radius 3 is 2.23 bits per heavy atom. The molecule has 1 fully saturated rings. The smallest absolute Gasteiger partial charge is 0.0131 e. The van der Waals surface area contributed by atoms with Gasteiger partial charge in [0.2, 0.25) is 0 Å². The molecule has 2 heteroatoms. The fourth-order valence-corrected chi connectivity index (χ4v) is 2.27. The van der Waals surface area contributed by atoms with E-state index in [0.717, 1.165) is 0 Å². The van der Waals surface area contributed by atoms with Crippen molar-refractivity contribution in [1.29, 1.82) is 0 Å². The highest BCUT2D eigenvalue weighted by Crippen LogP contribution is 2.32. The van der Waals surface area contributed by atoms with Gasteiger partial charge in [-0.15, -0.1) is 0 Å². The highest BCUT2D eigenvalue weighted by atomic mass is 14.7. The lowest BCUT2D eigenvalue weighted by molar-refractivity contribution is 0.183. The molecule has 0 radical (unpaired) electrons. The SMILES string of the molecule is CC(C)(CN)C(N)C1CCCCC1. The molecule has 1 saturated carbocycles. The van der Waals surface area contributed by atoms with Crippen LogP contribution >= 0.6 is 0 Å². The molecule has 0 heterocycles. The minimum Gasteiger partial charge on any atom is -0.330 e. The average molecular weight is 184 g/mol. The van der Waals surface area contributed by atoms with Crippen LogP contribution in [0.2, 0.25) is 0 Å². The van der Waals surface area contributed by atoms with E-state index in [1.54, 1.807) is 0 Å². The summed E-state index contributed by atoms with van der Waals surface area (Å²) in [5.41, 5.74) is 12.1. The number of rotatable bonds is 3. The van der Waals surface area contributed by atoms with Crippen molar-refractivity contribution in [2.45, 2.75) is 52.0 Å². The molecular formula is C11H24N2. The Hall–Kier alpha value is -0.0800. The molecule has 0 amide bonds. The normalized spacial score (nSPS) is 23.1. The van der Waals surface area contributed by atoms with Gasteiger partial charge in [-0.1, -0.05) is 33.1 Å². The summed E-state index contributed by atoms with van der Waals surface area (Å²) in [6.45, 7) is 5.07. The molecule has 0 aromatic rings. The van der Waals surface area contributed by atoms with E-state index in [0.29, 0.717) is 12.5 Å². The van der Waals surface area contributed by atoms with Gasteiger partial charge >= 0.3 is 0 Å². The van der Waals surface area contributed by atoms with Gasteiger partial charge in [0, 0.05) is 6.04 Å². The van der Waals surface area contributed by atoms with Gasteiger partial charge in [-0.25, -0.2) is 0 Å². The maximum absolute atomic E-state index is 6.26. The van der Waals surface area contributed by atoms with Gasteiger partial charge in [0.25, 0.3) is 0 Å². The zero-order chi connectivity index (χ0) is 9.90. The second-order valence-electron chi connectivity index (χ2n) is 5.12. The minimum atomic E-state index is 0.113. The zero-order valence-corrected chi connectivity index (χ0v) is 9.05. The predicted octanol–water partition coefficient (Wildman–Crippen LogP) is 1.88. The van der Waals surface area contributed by atoms with Crippen molar-refractivity contribution in [2.24, 2.45) is 22.8 Å². The lowest BCUT2D eigenvalue weighted by Crippen LogP contribution is -2.47. The van der Waals surface area contributed by atoms with Crippen LogP contribution in [0.4, 0.5) is 0 Å². The van der Waals surface area contributed by atoms with Crippen LogP contribution in [0.5, 0.6) is 0 Å². The quantitative estimate of drug-likeness (QED) is 0.703. The van der Waals surface area contributed by atoms with E-state index >= 15 is 0 Å². The summed E-state index contributed by atoms with van der Waals surface area (Å²) in [5, 5.41) is 0. The maximum atomic E-state index is 6.26. The van der Waals surface area contributed by atoms with E-state index in [9.17, 15) is 0 Å². The van der Waals surface area contributed by atoms with Crippen LogP contribution in [0.25, 0.3) is 0 Å². The van der Waals surface area contributed by atoms with E-state index in [1.165, 1.54) is 32.1 Å². The Labute approximate surface area is 82.1 Å². The van der Waals surface area contributed by atoms with Crippen LogP contribution in [0, 0.1) is 11.3 Å². The van der Waals surface area contributed by atoms with Gasteiger partial charge in [0.1, 0.15) is 0 Å². The Bertz CT molecular complexity index is 148. The maximum Gasteiger partial charge on any atom is 0.0131 e. The summed E-state index contributed by atoms with van der Waals surface area (Å²) in [5.74, 6) is 0.715. The molecule has 1 aliphatic carbocycles. The van der Waals surface area contributed by atoms with E-state index in [-0.39, 0.29) is 11.5 Å². The standard InChI is InChI=1S/C11H24N2/c1-11(2,8-12)10(13)9-6-4-3-5-7-9/h9-10H,3-8,12-13H2,1-2H3. The summed E-state index contributed by atoms with van der Waals surface area (Å²) < 4.78 is 0. The summed E-state index contributed by atoms with van der Waals surface area (Å²) >= 11 is 0. The number of nitrogens with two attached hydrogens (primary N) is 2. The molecule has 0 aromatic heterocycles. The molecule has 0 bridgehead atoms. The van der Waals surface area contributed by atoms with Gasteiger partial charge in [0.05, 0.1) is 0 Å². The molecule has 0 aliphatic heterocycles. The second-order valence-corrected chi connectivity index (χ2v) is 5.12. The summed E-state index contributed by atoms with van der Waals surface area (Å²) in [6, 6.07) is 0.290.